The lowest BCUT2D eigenvalue weighted by molar-refractivity contribution is -0.149. The van der Waals surface area contributed by atoms with Crippen LogP contribution in [0.25, 0.3) is 0 Å². The maximum absolute atomic E-state index is 13.3. The van der Waals surface area contributed by atoms with Gasteiger partial charge in [-0.2, -0.15) is 0 Å². The molecule has 0 spiro atoms. The van der Waals surface area contributed by atoms with E-state index in [-0.39, 0.29) is 23.9 Å². The Bertz CT molecular complexity index is 1010. The zero-order valence-electron chi connectivity index (χ0n) is 19.7. The number of hydrogen-bond acceptors (Lipinski definition) is 7. The van der Waals surface area contributed by atoms with E-state index in [4.69, 9.17) is 19.2 Å². The Hall–Kier alpha value is -2.80. The van der Waals surface area contributed by atoms with E-state index in [2.05, 4.69) is 13.8 Å². The molecule has 1 aliphatic carbocycles. The lowest BCUT2D eigenvalue weighted by Crippen LogP contribution is -2.40. The highest BCUT2D eigenvalue weighted by molar-refractivity contribution is 6.09. The van der Waals surface area contributed by atoms with Crippen LogP contribution in [0.3, 0.4) is 0 Å². The van der Waals surface area contributed by atoms with Gasteiger partial charge in [-0.15, -0.1) is 0 Å². The van der Waals surface area contributed by atoms with Crippen LogP contribution in [0.2, 0.25) is 0 Å². The zero-order chi connectivity index (χ0) is 23.8. The van der Waals surface area contributed by atoms with E-state index in [9.17, 15) is 14.4 Å². The molecule has 0 aromatic heterocycles. The predicted molar refractivity (Wildman–Crippen MR) is 122 cm³/mol. The van der Waals surface area contributed by atoms with Crippen LogP contribution in [0.5, 0.6) is 0 Å². The van der Waals surface area contributed by atoms with Crippen molar-refractivity contribution in [2.45, 2.75) is 58.5 Å². The zero-order valence-corrected chi connectivity index (χ0v) is 19.7. The summed E-state index contributed by atoms with van der Waals surface area (Å²) in [6.45, 7) is 6.82. The number of esters is 2. The van der Waals surface area contributed by atoms with Crippen molar-refractivity contribution in [3.8, 4) is 0 Å². The number of benzene rings is 1. The fraction of sp³-hybridized carbons (Fsp3) is 0.538. The molecule has 2 aliphatic heterocycles. The molecule has 1 unspecified atom stereocenters. The highest BCUT2D eigenvalue weighted by atomic mass is 16.6. The first-order valence-corrected chi connectivity index (χ1v) is 11.5. The van der Waals surface area contributed by atoms with Gasteiger partial charge in [0.2, 0.25) is 0 Å². The van der Waals surface area contributed by atoms with Crippen molar-refractivity contribution in [2.24, 2.45) is 16.3 Å². The number of nitrogens with zero attached hydrogens (tertiary/aromatic N) is 1. The second kappa shape index (κ2) is 9.21. The van der Waals surface area contributed by atoms with Gasteiger partial charge in [-0.3, -0.25) is 14.6 Å². The van der Waals surface area contributed by atoms with Crippen molar-refractivity contribution < 1.29 is 28.6 Å². The molecule has 2 heterocycles. The molecule has 0 bridgehead atoms. The standard InChI is InChI=1S/C26H31NO6/c1-15-21(25(30)33-14-18-6-5-11-32-18)22(16-7-9-17(10-8-16)24(29)31-4)23-19(27-15)12-26(2,3)13-20(23)28/h7-10,18,21-22H,5-6,11-14H2,1-4H3/t18-,21?,22+/m1/s1. The number of Topliss-reactive ketones (excluding diaryl/α,β-unsaturated/α-hetero) is 1. The van der Waals surface area contributed by atoms with Crippen molar-refractivity contribution in [3.05, 3.63) is 46.7 Å². The Kier molecular flexibility index (Phi) is 6.52. The number of ether oxygens (including phenoxy) is 3. The number of carbonyl (C=O) groups excluding carboxylic acids is 3. The molecule has 0 amide bonds. The summed E-state index contributed by atoms with van der Waals surface area (Å²) in [5, 5.41) is 0. The van der Waals surface area contributed by atoms with Crippen molar-refractivity contribution in [2.75, 3.05) is 20.3 Å². The van der Waals surface area contributed by atoms with Crippen molar-refractivity contribution in [3.63, 3.8) is 0 Å². The lowest BCUT2D eigenvalue weighted by atomic mass is 9.67. The maximum atomic E-state index is 13.3. The molecule has 1 saturated heterocycles. The molecular weight excluding hydrogens is 422 g/mol. The average Bonchev–Trinajstić information content (AvgIpc) is 3.29. The topological polar surface area (TPSA) is 91.3 Å². The second-order valence-corrected chi connectivity index (χ2v) is 9.89. The van der Waals surface area contributed by atoms with Crippen LogP contribution in [0.15, 0.2) is 40.5 Å². The molecular formula is C26H31NO6. The molecule has 3 aliphatic rings. The monoisotopic (exact) mass is 453 g/mol. The van der Waals surface area contributed by atoms with Gasteiger partial charge in [0.25, 0.3) is 0 Å². The fourth-order valence-corrected chi connectivity index (χ4v) is 5.10. The van der Waals surface area contributed by atoms with E-state index in [1.807, 2.05) is 6.92 Å². The normalized spacial score (nSPS) is 26.5. The van der Waals surface area contributed by atoms with Gasteiger partial charge in [0.15, 0.2) is 5.78 Å². The summed E-state index contributed by atoms with van der Waals surface area (Å²) in [5.74, 6) is -2.05. The van der Waals surface area contributed by atoms with E-state index in [0.717, 1.165) is 24.1 Å². The number of ketones is 1. The van der Waals surface area contributed by atoms with E-state index in [1.54, 1.807) is 24.3 Å². The molecule has 7 nitrogen and oxygen atoms in total. The van der Waals surface area contributed by atoms with Crippen LogP contribution in [0, 0.1) is 11.3 Å². The summed E-state index contributed by atoms with van der Waals surface area (Å²) in [7, 11) is 1.33. The van der Waals surface area contributed by atoms with Gasteiger partial charge in [-0.25, -0.2) is 4.79 Å². The third-order valence-corrected chi connectivity index (χ3v) is 6.68. The van der Waals surface area contributed by atoms with Gasteiger partial charge < -0.3 is 14.2 Å². The summed E-state index contributed by atoms with van der Waals surface area (Å²) < 4.78 is 16.1. The Morgan fingerprint density at radius 3 is 2.55 bits per heavy atom. The van der Waals surface area contributed by atoms with Crippen LogP contribution in [-0.2, 0) is 23.8 Å². The number of allylic oxidation sites excluding steroid dienone is 2. The molecule has 176 valence electrons. The predicted octanol–water partition coefficient (Wildman–Crippen LogP) is 4.01. The maximum Gasteiger partial charge on any atom is 0.337 e. The molecule has 0 N–H and O–H groups in total. The lowest BCUT2D eigenvalue weighted by Gasteiger charge is -2.39. The first-order chi connectivity index (χ1) is 15.7. The van der Waals surface area contributed by atoms with Crippen molar-refractivity contribution in [1.29, 1.82) is 0 Å². The highest BCUT2D eigenvalue weighted by Crippen LogP contribution is 2.48. The Balaban J connectivity index is 1.71. The molecule has 3 atom stereocenters. The Labute approximate surface area is 194 Å². The Morgan fingerprint density at radius 2 is 1.91 bits per heavy atom. The summed E-state index contributed by atoms with van der Waals surface area (Å²) in [5.41, 5.74) is 2.97. The third kappa shape index (κ3) is 4.78. The third-order valence-electron chi connectivity index (χ3n) is 6.68. The molecule has 1 fully saturated rings. The largest absolute Gasteiger partial charge is 0.465 e. The average molecular weight is 454 g/mol. The Morgan fingerprint density at radius 1 is 1.18 bits per heavy atom. The van der Waals surface area contributed by atoms with Crippen LogP contribution >= 0.6 is 0 Å². The van der Waals surface area contributed by atoms with Crippen LogP contribution in [0.4, 0.5) is 0 Å². The molecule has 1 aromatic rings. The smallest absolute Gasteiger partial charge is 0.337 e. The van der Waals surface area contributed by atoms with Crippen LogP contribution in [-0.4, -0.2) is 49.9 Å². The molecule has 4 rings (SSSR count). The van der Waals surface area contributed by atoms with Crippen molar-refractivity contribution >= 4 is 23.4 Å². The number of rotatable bonds is 5. The van der Waals surface area contributed by atoms with E-state index in [1.165, 1.54) is 7.11 Å². The molecule has 0 radical (unpaired) electrons. The van der Waals surface area contributed by atoms with Gasteiger partial charge in [-0.1, -0.05) is 26.0 Å². The van der Waals surface area contributed by atoms with Crippen molar-refractivity contribution in [1.82, 2.24) is 0 Å². The summed E-state index contributed by atoms with van der Waals surface area (Å²) in [6.07, 6.45) is 2.81. The van der Waals surface area contributed by atoms with E-state index in [0.29, 0.717) is 36.3 Å². The summed E-state index contributed by atoms with van der Waals surface area (Å²) in [4.78, 5) is 43.3. The number of carbonyl (C=O) groups is 3. The number of methoxy groups -OCH3 is 1. The molecule has 7 heteroatoms. The molecule has 0 saturated carbocycles. The quantitative estimate of drug-likeness (QED) is 0.626. The SMILES string of the molecule is COC(=O)c1ccc([C@@H]2C3=C(CC(C)(C)CC3=O)N=C(C)C2C(=O)OC[C@H]2CCCO2)cc1. The first kappa shape index (κ1) is 23.4. The van der Waals surface area contributed by atoms with Gasteiger partial charge in [0.1, 0.15) is 12.5 Å². The fourth-order valence-electron chi connectivity index (χ4n) is 5.10. The van der Waals surface area contributed by atoms with E-state index < -0.39 is 23.8 Å². The summed E-state index contributed by atoms with van der Waals surface area (Å²) >= 11 is 0. The second-order valence-electron chi connectivity index (χ2n) is 9.89. The van der Waals surface area contributed by atoms with Crippen LogP contribution in [0.1, 0.15) is 68.3 Å². The highest BCUT2D eigenvalue weighted by Gasteiger charge is 2.46. The molecule has 1 aromatic carbocycles. The first-order valence-electron chi connectivity index (χ1n) is 11.5. The minimum absolute atomic E-state index is 0.0106. The molecule has 33 heavy (non-hydrogen) atoms. The van der Waals surface area contributed by atoms with Gasteiger partial charge in [0, 0.05) is 35.9 Å². The van der Waals surface area contributed by atoms with Gasteiger partial charge in [-0.05, 0) is 49.3 Å². The van der Waals surface area contributed by atoms with Crippen LogP contribution < -0.4 is 0 Å². The van der Waals surface area contributed by atoms with E-state index >= 15 is 0 Å². The minimum atomic E-state index is -0.709. The van der Waals surface area contributed by atoms with Gasteiger partial charge >= 0.3 is 11.9 Å². The van der Waals surface area contributed by atoms with Gasteiger partial charge in [0.05, 0.1) is 18.8 Å². The number of aliphatic imine (C=N–C) groups is 1. The summed E-state index contributed by atoms with van der Waals surface area (Å²) in [6, 6.07) is 6.89. The minimum Gasteiger partial charge on any atom is -0.465 e. The number of hydrogen-bond donors (Lipinski definition) is 0.